The Kier molecular flexibility index (Phi) is 5.18. The van der Waals surface area contributed by atoms with E-state index in [2.05, 4.69) is 36.6 Å². The van der Waals surface area contributed by atoms with Crippen molar-refractivity contribution >= 4 is 5.91 Å². The number of carbonyl (C=O) groups excluding carboxylic acids is 1. The Hall–Kier alpha value is -1.35. The van der Waals surface area contributed by atoms with E-state index in [4.69, 9.17) is 0 Å². The minimum atomic E-state index is -0.199. The maximum atomic E-state index is 12.6. The van der Waals surface area contributed by atoms with Gasteiger partial charge in [0.1, 0.15) is 0 Å². The lowest BCUT2D eigenvalue weighted by Gasteiger charge is -2.36. The van der Waals surface area contributed by atoms with E-state index >= 15 is 0 Å². The molecule has 2 N–H and O–H groups in total. The van der Waals surface area contributed by atoms with E-state index in [1.54, 1.807) is 0 Å². The topological polar surface area (TPSA) is 41.1 Å². The van der Waals surface area contributed by atoms with Crippen molar-refractivity contribution in [2.24, 2.45) is 5.41 Å². The van der Waals surface area contributed by atoms with Crippen LogP contribution in [0.3, 0.4) is 0 Å². The van der Waals surface area contributed by atoms with Crippen molar-refractivity contribution in [2.75, 3.05) is 13.1 Å². The Labute approximate surface area is 122 Å². The molecule has 1 fully saturated rings. The number of amides is 1. The van der Waals surface area contributed by atoms with E-state index in [9.17, 15) is 4.79 Å². The van der Waals surface area contributed by atoms with Gasteiger partial charge in [-0.1, -0.05) is 37.6 Å². The monoisotopic (exact) mass is 274 g/mol. The largest absolute Gasteiger partial charge is 0.351 e. The van der Waals surface area contributed by atoms with Gasteiger partial charge in [-0.25, -0.2) is 0 Å². The zero-order valence-corrected chi connectivity index (χ0v) is 12.7. The Morgan fingerprint density at radius 1 is 1.40 bits per heavy atom. The fraction of sp³-hybridized carbons (Fsp3) is 0.588. The molecule has 2 rings (SSSR count). The summed E-state index contributed by atoms with van der Waals surface area (Å²) in [5.41, 5.74) is 2.24. The Morgan fingerprint density at radius 2 is 2.20 bits per heavy atom. The molecule has 3 nitrogen and oxygen atoms in total. The summed E-state index contributed by atoms with van der Waals surface area (Å²) in [6, 6.07) is 8.23. The highest BCUT2D eigenvalue weighted by atomic mass is 16.2. The number of rotatable bonds is 5. The normalized spacial score (nSPS) is 22.5. The van der Waals surface area contributed by atoms with Crippen LogP contribution in [0.5, 0.6) is 0 Å². The van der Waals surface area contributed by atoms with Crippen molar-refractivity contribution in [1.82, 2.24) is 10.6 Å². The molecule has 0 bridgehead atoms. The summed E-state index contributed by atoms with van der Waals surface area (Å²) in [5.74, 6) is 0.217. The van der Waals surface area contributed by atoms with Crippen LogP contribution in [0, 0.1) is 12.3 Å². The molecule has 0 radical (unpaired) electrons. The summed E-state index contributed by atoms with van der Waals surface area (Å²) in [5, 5.41) is 6.55. The molecule has 20 heavy (non-hydrogen) atoms. The van der Waals surface area contributed by atoms with Gasteiger partial charge in [-0.05, 0) is 43.9 Å². The first kappa shape index (κ1) is 15.0. The van der Waals surface area contributed by atoms with Crippen LogP contribution in [-0.4, -0.2) is 19.0 Å². The van der Waals surface area contributed by atoms with Crippen LogP contribution in [0.25, 0.3) is 0 Å². The second-order valence-electron chi connectivity index (χ2n) is 5.92. The first-order chi connectivity index (χ1) is 9.68. The van der Waals surface area contributed by atoms with Crippen molar-refractivity contribution in [1.29, 1.82) is 0 Å². The van der Waals surface area contributed by atoms with E-state index in [0.717, 1.165) is 38.8 Å². The standard InChI is InChI=1S/C17H26N2O/c1-3-9-17(10-6-11-18-13-17)16(20)19-12-15-8-5-4-7-14(15)2/h4-5,7-8,18H,3,6,9-13H2,1-2H3,(H,19,20). The number of aryl methyl sites for hydroxylation is 1. The molecule has 1 saturated heterocycles. The van der Waals surface area contributed by atoms with Crippen molar-refractivity contribution in [2.45, 2.75) is 46.1 Å². The second kappa shape index (κ2) is 6.89. The van der Waals surface area contributed by atoms with Gasteiger partial charge in [-0.15, -0.1) is 0 Å². The molecular weight excluding hydrogens is 248 g/mol. The third kappa shape index (κ3) is 3.40. The highest BCUT2D eigenvalue weighted by molar-refractivity contribution is 5.83. The first-order valence-corrected chi connectivity index (χ1v) is 7.71. The SMILES string of the molecule is CCCC1(C(=O)NCc2ccccc2C)CCCNC1. The molecule has 0 saturated carbocycles. The summed E-state index contributed by atoms with van der Waals surface area (Å²) in [4.78, 5) is 12.6. The van der Waals surface area contributed by atoms with Crippen LogP contribution in [0.1, 0.15) is 43.7 Å². The lowest BCUT2D eigenvalue weighted by molar-refractivity contribution is -0.132. The average Bonchev–Trinajstić information content (AvgIpc) is 2.47. The predicted octanol–water partition coefficient (Wildman–Crippen LogP) is 2.78. The maximum Gasteiger partial charge on any atom is 0.227 e. The second-order valence-corrected chi connectivity index (χ2v) is 5.92. The molecule has 1 aromatic carbocycles. The molecule has 3 heteroatoms. The number of hydrogen-bond donors (Lipinski definition) is 2. The van der Waals surface area contributed by atoms with Gasteiger partial charge in [0.05, 0.1) is 5.41 Å². The van der Waals surface area contributed by atoms with Gasteiger partial charge in [0.25, 0.3) is 0 Å². The highest BCUT2D eigenvalue weighted by Crippen LogP contribution is 2.32. The van der Waals surface area contributed by atoms with E-state index in [1.807, 2.05) is 12.1 Å². The molecule has 1 aliphatic heterocycles. The van der Waals surface area contributed by atoms with Crippen LogP contribution in [0.15, 0.2) is 24.3 Å². The van der Waals surface area contributed by atoms with Crippen LogP contribution < -0.4 is 10.6 Å². The minimum absolute atomic E-state index is 0.199. The average molecular weight is 274 g/mol. The Bertz CT molecular complexity index is 445. The van der Waals surface area contributed by atoms with Crippen LogP contribution in [-0.2, 0) is 11.3 Å². The first-order valence-electron chi connectivity index (χ1n) is 7.71. The van der Waals surface area contributed by atoms with E-state index < -0.39 is 0 Å². The van der Waals surface area contributed by atoms with Gasteiger partial charge >= 0.3 is 0 Å². The van der Waals surface area contributed by atoms with E-state index in [0.29, 0.717) is 6.54 Å². The summed E-state index contributed by atoms with van der Waals surface area (Å²) < 4.78 is 0. The van der Waals surface area contributed by atoms with Crippen molar-refractivity contribution in [3.63, 3.8) is 0 Å². The third-order valence-electron chi connectivity index (χ3n) is 4.38. The summed E-state index contributed by atoms with van der Waals surface area (Å²) in [6.45, 7) is 6.74. The molecule has 1 atom stereocenters. The van der Waals surface area contributed by atoms with Crippen molar-refractivity contribution in [3.8, 4) is 0 Å². The van der Waals surface area contributed by atoms with Crippen molar-refractivity contribution in [3.05, 3.63) is 35.4 Å². The summed E-state index contributed by atoms with van der Waals surface area (Å²) in [6.07, 6.45) is 4.13. The molecule has 0 aromatic heterocycles. The van der Waals surface area contributed by atoms with Crippen molar-refractivity contribution < 1.29 is 4.79 Å². The molecule has 1 aliphatic rings. The maximum absolute atomic E-state index is 12.6. The highest BCUT2D eigenvalue weighted by Gasteiger charge is 2.38. The van der Waals surface area contributed by atoms with Crippen LogP contribution in [0.4, 0.5) is 0 Å². The third-order valence-corrected chi connectivity index (χ3v) is 4.38. The molecule has 0 spiro atoms. The Morgan fingerprint density at radius 3 is 2.85 bits per heavy atom. The quantitative estimate of drug-likeness (QED) is 0.867. The lowest BCUT2D eigenvalue weighted by atomic mass is 9.76. The molecule has 1 unspecified atom stereocenters. The van der Waals surface area contributed by atoms with Gasteiger partial charge in [0.2, 0.25) is 5.91 Å². The smallest absolute Gasteiger partial charge is 0.227 e. The molecule has 1 heterocycles. The lowest BCUT2D eigenvalue weighted by Crippen LogP contribution is -2.50. The molecule has 0 aliphatic carbocycles. The molecule has 1 amide bonds. The van der Waals surface area contributed by atoms with Gasteiger partial charge < -0.3 is 10.6 Å². The fourth-order valence-corrected chi connectivity index (χ4v) is 3.14. The Balaban J connectivity index is 2.00. The van der Waals surface area contributed by atoms with E-state index in [1.165, 1.54) is 11.1 Å². The van der Waals surface area contributed by atoms with E-state index in [-0.39, 0.29) is 11.3 Å². The van der Waals surface area contributed by atoms with Crippen LogP contribution >= 0.6 is 0 Å². The number of piperidine rings is 1. The van der Waals surface area contributed by atoms with Gasteiger partial charge in [-0.3, -0.25) is 4.79 Å². The summed E-state index contributed by atoms with van der Waals surface area (Å²) >= 11 is 0. The minimum Gasteiger partial charge on any atom is -0.351 e. The zero-order valence-electron chi connectivity index (χ0n) is 12.7. The number of nitrogens with one attached hydrogen (secondary N) is 2. The predicted molar refractivity (Wildman–Crippen MR) is 82.5 cm³/mol. The molecular formula is C17H26N2O. The zero-order chi connectivity index (χ0) is 14.4. The van der Waals surface area contributed by atoms with Gasteiger partial charge in [0.15, 0.2) is 0 Å². The van der Waals surface area contributed by atoms with Crippen LogP contribution in [0.2, 0.25) is 0 Å². The number of hydrogen-bond acceptors (Lipinski definition) is 2. The number of carbonyl (C=O) groups is 1. The summed E-state index contributed by atoms with van der Waals surface area (Å²) in [7, 11) is 0. The van der Waals surface area contributed by atoms with Gasteiger partial charge in [-0.2, -0.15) is 0 Å². The molecule has 1 aromatic rings. The fourth-order valence-electron chi connectivity index (χ4n) is 3.14. The molecule has 110 valence electrons. The number of benzene rings is 1. The van der Waals surface area contributed by atoms with Gasteiger partial charge in [0, 0.05) is 13.1 Å².